The molecule has 0 aromatic heterocycles. The minimum atomic E-state index is -0.123. The Bertz CT molecular complexity index is 311. The molecule has 0 aliphatic carbocycles. The third kappa shape index (κ3) is 3.60. The first-order chi connectivity index (χ1) is 7.69. The maximum absolute atomic E-state index is 13.6. The minimum Gasteiger partial charge on any atom is -0.330 e. The molecule has 1 rings (SSSR count). The summed E-state index contributed by atoms with van der Waals surface area (Å²) in [5, 5.41) is 0. The Morgan fingerprint density at radius 1 is 1.31 bits per heavy atom. The van der Waals surface area contributed by atoms with E-state index < -0.39 is 0 Å². The van der Waals surface area contributed by atoms with Gasteiger partial charge < -0.3 is 5.73 Å². The highest BCUT2D eigenvalue weighted by Gasteiger charge is 2.16. The van der Waals surface area contributed by atoms with Gasteiger partial charge in [0.15, 0.2) is 0 Å². The molecule has 1 aromatic rings. The summed E-state index contributed by atoms with van der Waals surface area (Å²) < 4.78 is 13.6. The van der Waals surface area contributed by atoms with Crippen molar-refractivity contribution in [3.05, 3.63) is 35.6 Å². The molecule has 2 N–H and O–H groups in total. The van der Waals surface area contributed by atoms with Crippen LogP contribution in [-0.4, -0.2) is 6.54 Å². The van der Waals surface area contributed by atoms with Gasteiger partial charge in [-0.1, -0.05) is 44.9 Å². The molecule has 16 heavy (non-hydrogen) atoms. The monoisotopic (exact) mass is 223 g/mol. The predicted molar refractivity (Wildman–Crippen MR) is 66.9 cm³/mol. The van der Waals surface area contributed by atoms with Crippen molar-refractivity contribution in [3.8, 4) is 0 Å². The van der Waals surface area contributed by atoms with Crippen molar-refractivity contribution in [2.45, 2.75) is 39.0 Å². The van der Waals surface area contributed by atoms with E-state index in [9.17, 15) is 4.39 Å². The number of halogens is 1. The zero-order valence-corrected chi connectivity index (χ0v) is 10.2. The summed E-state index contributed by atoms with van der Waals surface area (Å²) in [5.41, 5.74) is 6.52. The van der Waals surface area contributed by atoms with E-state index in [1.54, 1.807) is 6.07 Å². The highest BCUT2D eigenvalue weighted by molar-refractivity contribution is 5.22. The van der Waals surface area contributed by atoms with Crippen molar-refractivity contribution in [1.29, 1.82) is 0 Å². The SMILES string of the molecule is CCCC(C)CC(CN)c1ccccc1F. The lowest BCUT2D eigenvalue weighted by molar-refractivity contribution is 0.429. The van der Waals surface area contributed by atoms with Crippen molar-refractivity contribution in [1.82, 2.24) is 0 Å². The maximum Gasteiger partial charge on any atom is 0.126 e. The van der Waals surface area contributed by atoms with Crippen LogP contribution in [0.1, 0.15) is 44.6 Å². The van der Waals surface area contributed by atoms with Crippen LogP contribution in [0.3, 0.4) is 0 Å². The first-order valence-electron chi connectivity index (χ1n) is 6.13. The third-order valence-electron chi connectivity index (χ3n) is 3.10. The van der Waals surface area contributed by atoms with Gasteiger partial charge in [0.2, 0.25) is 0 Å². The van der Waals surface area contributed by atoms with Crippen molar-refractivity contribution in [3.63, 3.8) is 0 Å². The minimum absolute atomic E-state index is 0.123. The van der Waals surface area contributed by atoms with Crippen molar-refractivity contribution >= 4 is 0 Å². The molecule has 2 unspecified atom stereocenters. The van der Waals surface area contributed by atoms with E-state index in [4.69, 9.17) is 5.73 Å². The molecule has 1 aromatic carbocycles. The van der Waals surface area contributed by atoms with E-state index in [-0.39, 0.29) is 11.7 Å². The van der Waals surface area contributed by atoms with Crippen LogP contribution in [0.25, 0.3) is 0 Å². The molecule has 0 fully saturated rings. The molecular weight excluding hydrogens is 201 g/mol. The Hall–Kier alpha value is -0.890. The van der Waals surface area contributed by atoms with Crippen molar-refractivity contribution in [2.75, 3.05) is 6.54 Å². The number of hydrogen-bond acceptors (Lipinski definition) is 1. The van der Waals surface area contributed by atoms with Gasteiger partial charge in [0.25, 0.3) is 0 Å². The molecule has 0 spiro atoms. The first kappa shape index (κ1) is 13.2. The zero-order valence-electron chi connectivity index (χ0n) is 10.2. The fourth-order valence-electron chi connectivity index (χ4n) is 2.25. The Morgan fingerprint density at radius 3 is 2.56 bits per heavy atom. The number of hydrogen-bond donors (Lipinski definition) is 1. The van der Waals surface area contributed by atoms with Gasteiger partial charge in [-0.3, -0.25) is 0 Å². The summed E-state index contributed by atoms with van der Waals surface area (Å²) in [6, 6.07) is 6.97. The van der Waals surface area contributed by atoms with Crippen LogP contribution in [0.15, 0.2) is 24.3 Å². The highest BCUT2D eigenvalue weighted by Crippen LogP contribution is 2.26. The van der Waals surface area contributed by atoms with Gasteiger partial charge in [0, 0.05) is 0 Å². The summed E-state index contributed by atoms with van der Waals surface area (Å²) in [6.07, 6.45) is 3.34. The normalized spacial score (nSPS) is 14.8. The van der Waals surface area contributed by atoms with E-state index >= 15 is 0 Å². The second-order valence-electron chi connectivity index (χ2n) is 4.58. The molecule has 1 nitrogen and oxygen atoms in total. The average molecular weight is 223 g/mol. The lowest BCUT2D eigenvalue weighted by atomic mass is 9.87. The molecule has 0 heterocycles. The van der Waals surface area contributed by atoms with Crippen LogP contribution in [0.4, 0.5) is 4.39 Å². The van der Waals surface area contributed by atoms with Crippen LogP contribution in [-0.2, 0) is 0 Å². The van der Waals surface area contributed by atoms with E-state index in [2.05, 4.69) is 13.8 Å². The summed E-state index contributed by atoms with van der Waals surface area (Å²) >= 11 is 0. The highest BCUT2D eigenvalue weighted by atomic mass is 19.1. The molecule has 0 aliphatic heterocycles. The van der Waals surface area contributed by atoms with Gasteiger partial charge in [-0.05, 0) is 36.4 Å². The smallest absolute Gasteiger partial charge is 0.126 e. The van der Waals surface area contributed by atoms with E-state index in [1.807, 2.05) is 12.1 Å². The molecular formula is C14H22FN. The fraction of sp³-hybridized carbons (Fsp3) is 0.571. The van der Waals surface area contributed by atoms with Gasteiger partial charge in [0.1, 0.15) is 5.82 Å². The van der Waals surface area contributed by atoms with Crippen LogP contribution in [0, 0.1) is 11.7 Å². The van der Waals surface area contributed by atoms with Crippen molar-refractivity contribution < 1.29 is 4.39 Å². The van der Waals surface area contributed by atoms with Crippen LogP contribution >= 0.6 is 0 Å². The van der Waals surface area contributed by atoms with Crippen molar-refractivity contribution in [2.24, 2.45) is 11.7 Å². The summed E-state index contributed by atoms with van der Waals surface area (Å²) in [7, 11) is 0. The second kappa shape index (κ2) is 6.64. The number of nitrogens with two attached hydrogens (primary N) is 1. The fourth-order valence-corrected chi connectivity index (χ4v) is 2.25. The Balaban J connectivity index is 2.71. The van der Waals surface area contributed by atoms with Crippen LogP contribution < -0.4 is 5.73 Å². The number of benzene rings is 1. The molecule has 90 valence electrons. The van der Waals surface area contributed by atoms with Gasteiger partial charge in [-0.2, -0.15) is 0 Å². The summed E-state index contributed by atoms with van der Waals surface area (Å²) in [4.78, 5) is 0. The quantitative estimate of drug-likeness (QED) is 0.782. The first-order valence-corrected chi connectivity index (χ1v) is 6.13. The van der Waals surface area contributed by atoms with E-state index in [0.29, 0.717) is 12.5 Å². The lowest BCUT2D eigenvalue weighted by Crippen LogP contribution is -2.16. The zero-order chi connectivity index (χ0) is 12.0. The Kier molecular flexibility index (Phi) is 5.47. The Labute approximate surface area is 97.9 Å². The average Bonchev–Trinajstić information content (AvgIpc) is 2.27. The topological polar surface area (TPSA) is 26.0 Å². The van der Waals surface area contributed by atoms with Gasteiger partial charge in [0.05, 0.1) is 0 Å². The summed E-state index contributed by atoms with van der Waals surface area (Å²) in [5.74, 6) is 0.641. The van der Waals surface area contributed by atoms with E-state index in [1.165, 1.54) is 18.9 Å². The van der Waals surface area contributed by atoms with Crippen LogP contribution in [0.5, 0.6) is 0 Å². The predicted octanol–water partition coefficient (Wildman–Crippen LogP) is 3.69. The molecule has 0 amide bonds. The lowest BCUT2D eigenvalue weighted by Gasteiger charge is -2.20. The van der Waals surface area contributed by atoms with Gasteiger partial charge in [-0.25, -0.2) is 4.39 Å². The molecule has 2 atom stereocenters. The van der Waals surface area contributed by atoms with Gasteiger partial charge in [-0.15, -0.1) is 0 Å². The number of rotatable bonds is 6. The summed E-state index contributed by atoms with van der Waals surface area (Å²) in [6.45, 7) is 4.92. The third-order valence-corrected chi connectivity index (χ3v) is 3.10. The largest absolute Gasteiger partial charge is 0.330 e. The maximum atomic E-state index is 13.6. The standard InChI is InChI=1S/C14H22FN/c1-3-6-11(2)9-12(10-16)13-7-4-5-8-14(13)15/h4-5,7-8,11-12H,3,6,9-10,16H2,1-2H3. The van der Waals surface area contributed by atoms with Gasteiger partial charge >= 0.3 is 0 Å². The molecule has 0 radical (unpaired) electrons. The molecule has 0 saturated heterocycles. The Morgan fingerprint density at radius 2 is 2.00 bits per heavy atom. The van der Waals surface area contributed by atoms with E-state index in [0.717, 1.165) is 12.0 Å². The van der Waals surface area contributed by atoms with Crippen LogP contribution in [0.2, 0.25) is 0 Å². The second-order valence-corrected chi connectivity index (χ2v) is 4.58. The molecule has 0 saturated carbocycles. The molecule has 0 aliphatic rings. The molecule has 0 bridgehead atoms. The molecule has 2 heteroatoms.